The fourth-order valence-electron chi connectivity index (χ4n) is 2.97. The van der Waals surface area contributed by atoms with Crippen molar-refractivity contribution in [3.05, 3.63) is 47.4 Å². The third kappa shape index (κ3) is 2.56. The third-order valence-electron chi connectivity index (χ3n) is 4.04. The van der Waals surface area contributed by atoms with Gasteiger partial charge in [-0.25, -0.2) is 0 Å². The van der Waals surface area contributed by atoms with Crippen LogP contribution >= 0.6 is 0 Å². The Kier molecular flexibility index (Phi) is 3.84. The lowest BCUT2D eigenvalue weighted by Gasteiger charge is -2.21. The Morgan fingerprint density at radius 3 is 2.55 bits per heavy atom. The third-order valence-corrected chi connectivity index (χ3v) is 4.04. The molecule has 2 aromatic rings. The van der Waals surface area contributed by atoms with Crippen molar-refractivity contribution in [2.75, 3.05) is 0 Å². The number of Topliss-reactive ketones (excluding diaryl/α,β-unsaturated/α-hetero) is 2. The Morgan fingerprint density at radius 1 is 1.23 bits per heavy atom. The first-order valence-corrected chi connectivity index (χ1v) is 7.57. The summed E-state index contributed by atoms with van der Waals surface area (Å²) in [6.45, 7) is 1.89. The van der Waals surface area contributed by atoms with Gasteiger partial charge in [0.05, 0.1) is 5.57 Å². The number of fused-ring (bicyclic) bond motifs is 1. The fourth-order valence-corrected chi connectivity index (χ4v) is 2.97. The second kappa shape index (κ2) is 5.79. The summed E-state index contributed by atoms with van der Waals surface area (Å²) in [6, 6.07) is 9.50. The number of para-hydroxylation sites is 1. The van der Waals surface area contributed by atoms with E-state index < -0.39 is 0 Å². The number of hydrogen-bond acceptors (Lipinski definition) is 4. The molecule has 1 aromatic carbocycles. The monoisotopic (exact) mass is 298 g/mol. The van der Waals surface area contributed by atoms with Crippen molar-refractivity contribution < 1.29 is 19.1 Å². The van der Waals surface area contributed by atoms with Gasteiger partial charge in [-0.05, 0) is 18.6 Å². The molecule has 3 rings (SSSR count). The maximum Gasteiger partial charge on any atom is 0.170 e. The average Bonchev–Trinajstić information content (AvgIpc) is 2.90. The van der Waals surface area contributed by atoms with E-state index in [1.54, 1.807) is 0 Å². The molecule has 0 atom stereocenters. The zero-order valence-electron chi connectivity index (χ0n) is 12.5. The summed E-state index contributed by atoms with van der Waals surface area (Å²) in [5, 5.41) is 10.9. The number of benzene rings is 1. The quantitative estimate of drug-likeness (QED) is 0.527. The van der Waals surface area contributed by atoms with E-state index in [1.165, 1.54) is 0 Å². The van der Waals surface area contributed by atoms with Crippen LogP contribution < -0.4 is 0 Å². The summed E-state index contributed by atoms with van der Waals surface area (Å²) in [4.78, 5) is 24.5. The van der Waals surface area contributed by atoms with Crippen LogP contribution in [0.5, 0.6) is 0 Å². The first kappa shape index (κ1) is 14.6. The van der Waals surface area contributed by atoms with Crippen molar-refractivity contribution in [1.82, 2.24) is 0 Å². The van der Waals surface area contributed by atoms with Crippen LogP contribution in [0.4, 0.5) is 0 Å². The van der Waals surface area contributed by atoms with Gasteiger partial charge < -0.3 is 9.52 Å². The molecule has 0 unspecified atom stereocenters. The lowest BCUT2D eigenvalue weighted by atomic mass is 9.81. The first-order chi connectivity index (χ1) is 10.6. The van der Waals surface area contributed by atoms with Crippen molar-refractivity contribution in [2.24, 2.45) is 0 Å². The van der Waals surface area contributed by atoms with Crippen LogP contribution in [0.1, 0.15) is 44.3 Å². The summed E-state index contributed by atoms with van der Waals surface area (Å²) < 4.78 is 5.76. The normalized spacial score (nSPS) is 19.0. The Bertz CT molecular complexity index is 713. The highest BCUT2D eigenvalue weighted by molar-refractivity contribution is 6.22. The van der Waals surface area contributed by atoms with Crippen LogP contribution in [0.3, 0.4) is 0 Å². The minimum Gasteiger partial charge on any atom is -0.511 e. The Morgan fingerprint density at radius 2 is 1.91 bits per heavy atom. The highest BCUT2D eigenvalue weighted by atomic mass is 16.3. The molecule has 1 N–H and O–H groups in total. The van der Waals surface area contributed by atoms with Gasteiger partial charge in [0, 0.05) is 30.6 Å². The minimum atomic E-state index is -0.285. The lowest BCUT2D eigenvalue weighted by Crippen LogP contribution is -2.26. The van der Waals surface area contributed by atoms with Crippen LogP contribution in [0.2, 0.25) is 0 Å². The second-order valence-electron chi connectivity index (χ2n) is 5.71. The summed E-state index contributed by atoms with van der Waals surface area (Å²) in [5.41, 5.74) is 0.752. The molecule has 0 saturated heterocycles. The number of aliphatic hydroxyl groups is 1. The maximum absolute atomic E-state index is 12.2. The summed E-state index contributed by atoms with van der Waals surface area (Å²) >= 11 is 0. The molecule has 1 aromatic heterocycles. The van der Waals surface area contributed by atoms with Crippen LogP contribution in [-0.2, 0) is 9.59 Å². The molecule has 1 aliphatic rings. The standard InChI is InChI=1S/C18H18O4/c1-2-5-13(19)18-14(20)8-12(9-15(18)21)17-10-11-6-3-4-7-16(11)22-17/h3-4,6-7,10,12,19H,2,5,8-9H2,1H3. The van der Waals surface area contributed by atoms with Crippen molar-refractivity contribution in [3.8, 4) is 0 Å². The zero-order valence-corrected chi connectivity index (χ0v) is 12.5. The van der Waals surface area contributed by atoms with Gasteiger partial charge >= 0.3 is 0 Å². The minimum absolute atomic E-state index is 0.00536. The van der Waals surface area contributed by atoms with E-state index in [0.717, 1.165) is 11.0 Å². The molecule has 1 heterocycles. The number of aliphatic hydroxyl groups excluding tert-OH is 1. The van der Waals surface area contributed by atoms with E-state index in [4.69, 9.17) is 4.42 Å². The van der Waals surface area contributed by atoms with Gasteiger partial charge in [0.25, 0.3) is 0 Å². The Hall–Kier alpha value is -2.36. The van der Waals surface area contributed by atoms with Gasteiger partial charge in [0.1, 0.15) is 17.1 Å². The number of hydrogen-bond donors (Lipinski definition) is 1. The molecule has 22 heavy (non-hydrogen) atoms. The van der Waals surface area contributed by atoms with Crippen molar-refractivity contribution >= 4 is 22.5 Å². The smallest absolute Gasteiger partial charge is 0.170 e. The van der Waals surface area contributed by atoms with Crippen molar-refractivity contribution in [2.45, 2.75) is 38.5 Å². The second-order valence-corrected chi connectivity index (χ2v) is 5.71. The highest BCUT2D eigenvalue weighted by Gasteiger charge is 2.35. The lowest BCUT2D eigenvalue weighted by molar-refractivity contribution is -0.124. The van der Waals surface area contributed by atoms with Crippen LogP contribution in [0.25, 0.3) is 11.0 Å². The molecule has 4 heteroatoms. The van der Waals surface area contributed by atoms with Crippen LogP contribution in [-0.4, -0.2) is 16.7 Å². The molecule has 1 aliphatic carbocycles. The van der Waals surface area contributed by atoms with Crippen molar-refractivity contribution in [3.63, 3.8) is 0 Å². The van der Waals surface area contributed by atoms with Gasteiger partial charge in [-0.15, -0.1) is 0 Å². The van der Waals surface area contributed by atoms with Gasteiger partial charge in [-0.1, -0.05) is 25.1 Å². The molecule has 0 bridgehead atoms. The molecular formula is C18H18O4. The summed E-state index contributed by atoms with van der Waals surface area (Å²) in [6.07, 6.45) is 1.47. The van der Waals surface area contributed by atoms with Gasteiger partial charge in [-0.3, -0.25) is 9.59 Å². The molecule has 1 saturated carbocycles. The molecule has 114 valence electrons. The molecule has 4 nitrogen and oxygen atoms in total. The number of rotatable bonds is 3. The number of carbonyl (C=O) groups is 2. The molecule has 0 amide bonds. The van der Waals surface area contributed by atoms with E-state index in [9.17, 15) is 14.7 Å². The van der Waals surface area contributed by atoms with E-state index in [1.807, 2.05) is 37.3 Å². The largest absolute Gasteiger partial charge is 0.511 e. The van der Waals surface area contributed by atoms with E-state index in [2.05, 4.69) is 0 Å². The van der Waals surface area contributed by atoms with Gasteiger partial charge in [0.2, 0.25) is 0 Å². The predicted molar refractivity (Wildman–Crippen MR) is 82.8 cm³/mol. The SMILES string of the molecule is CCCC(O)=C1C(=O)CC(c2cc3ccccc3o2)CC1=O. The van der Waals surface area contributed by atoms with Crippen molar-refractivity contribution in [1.29, 1.82) is 0 Å². The zero-order chi connectivity index (χ0) is 15.7. The fraction of sp³-hybridized carbons (Fsp3) is 0.333. The van der Waals surface area contributed by atoms with E-state index >= 15 is 0 Å². The maximum atomic E-state index is 12.2. The number of ketones is 2. The van der Waals surface area contributed by atoms with Gasteiger partial charge in [-0.2, -0.15) is 0 Å². The molecule has 0 aliphatic heterocycles. The summed E-state index contributed by atoms with van der Waals surface area (Å²) in [5.74, 6) is -0.219. The number of allylic oxidation sites excluding steroid dienone is 2. The average molecular weight is 298 g/mol. The Labute approximate surface area is 128 Å². The first-order valence-electron chi connectivity index (χ1n) is 7.57. The van der Waals surface area contributed by atoms with E-state index in [0.29, 0.717) is 18.6 Å². The molecular weight excluding hydrogens is 280 g/mol. The van der Waals surface area contributed by atoms with Crippen LogP contribution in [0, 0.1) is 0 Å². The summed E-state index contributed by atoms with van der Waals surface area (Å²) in [7, 11) is 0. The van der Waals surface area contributed by atoms with E-state index in [-0.39, 0.29) is 41.7 Å². The predicted octanol–water partition coefficient (Wildman–Crippen LogP) is 4.06. The molecule has 0 radical (unpaired) electrons. The number of furan rings is 1. The van der Waals surface area contributed by atoms with Gasteiger partial charge in [0.15, 0.2) is 11.6 Å². The highest BCUT2D eigenvalue weighted by Crippen LogP contribution is 2.35. The molecule has 1 fully saturated rings. The molecule has 0 spiro atoms. The topological polar surface area (TPSA) is 67.5 Å². The Balaban J connectivity index is 1.89. The number of carbonyl (C=O) groups excluding carboxylic acids is 2. The van der Waals surface area contributed by atoms with Crippen LogP contribution in [0.15, 0.2) is 46.1 Å².